The van der Waals surface area contributed by atoms with Gasteiger partial charge in [-0.2, -0.15) is 0 Å². The smallest absolute Gasteiger partial charge is 0.251 e. The van der Waals surface area contributed by atoms with E-state index in [1.807, 2.05) is 0 Å². The summed E-state index contributed by atoms with van der Waals surface area (Å²) in [6, 6.07) is 3.83. The number of halogens is 1. The van der Waals surface area contributed by atoms with Crippen molar-refractivity contribution in [1.29, 1.82) is 0 Å². The number of anilines is 1. The van der Waals surface area contributed by atoms with Gasteiger partial charge in [0.15, 0.2) is 0 Å². The topological polar surface area (TPSA) is 55.1 Å². The molecule has 0 saturated heterocycles. The van der Waals surface area contributed by atoms with E-state index in [1.165, 1.54) is 18.2 Å². The van der Waals surface area contributed by atoms with Crippen molar-refractivity contribution >= 4 is 11.6 Å². The summed E-state index contributed by atoms with van der Waals surface area (Å²) < 4.78 is 13.0. The highest BCUT2D eigenvalue weighted by Crippen LogP contribution is 2.10. The highest BCUT2D eigenvalue weighted by molar-refractivity contribution is 5.95. The number of nitrogens with two attached hydrogens (primary N) is 1. The predicted octanol–water partition coefficient (Wildman–Crippen LogP) is 2.18. The summed E-state index contributed by atoms with van der Waals surface area (Å²) in [5, 5.41) is 2.72. The minimum Gasteiger partial charge on any atom is -0.399 e. The summed E-state index contributed by atoms with van der Waals surface area (Å²) in [4.78, 5) is 11.6. The first kappa shape index (κ1) is 12.5. The predicted molar refractivity (Wildman–Crippen MR) is 62.6 cm³/mol. The molecule has 0 atom stereocenters. The van der Waals surface area contributed by atoms with Gasteiger partial charge in [0.05, 0.1) is 0 Å². The maximum absolute atomic E-state index is 13.0. The lowest BCUT2D eigenvalue weighted by molar-refractivity contribution is 0.0951. The van der Waals surface area contributed by atoms with Gasteiger partial charge in [-0.3, -0.25) is 4.79 Å². The molecule has 0 unspecified atom stereocenters. The largest absolute Gasteiger partial charge is 0.399 e. The maximum Gasteiger partial charge on any atom is 0.251 e. The average molecular weight is 224 g/mol. The Morgan fingerprint density at radius 1 is 1.44 bits per heavy atom. The molecule has 0 aliphatic heterocycles. The molecule has 3 nitrogen and oxygen atoms in total. The van der Waals surface area contributed by atoms with E-state index in [4.69, 9.17) is 5.73 Å². The lowest BCUT2D eigenvalue weighted by atomic mass is 10.1. The van der Waals surface area contributed by atoms with E-state index in [1.54, 1.807) is 0 Å². The van der Waals surface area contributed by atoms with Crippen LogP contribution in [-0.4, -0.2) is 12.5 Å². The van der Waals surface area contributed by atoms with Crippen LogP contribution in [0.25, 0.3) is 0 Å². The van der Waals surface area contributed by atoms with E-state index in [2.05, 4.69) is 19.2 Å². The van der Waals surface area contributed by atoms with Crippen molar-refractivity contribution < 1.29 is 9.18 Å². The molecule has 0 radical (unpaired) electrons. The van der Waals surface area contributed by atoms with Crippen molar-refractivity contribution in [2.24, 2.45) is 5.92 Å². The Labute approximate surface area is 94.8 Å². The van der Waals surface area contributed by atoms with Crippen LogP contribution in [0, 0.1) is 11.7 Å². The average Bonchev–Trinajstić information content (AvgIpc) is 2.15. The van der Waals surface area contributed by atoms with E-state index in [0.29, 0.717) is 12.5 Å². The first-order chi connectivity index (χ1) is 7.49. The van der Waals surface area contributed by atoms with Crippen LogP contribution in [0.2, 0.25) is 0 Å². The molecule has 0 saturated carbocycles. The zero-order valence-electron chi connectivity index (χ0n) is 9.59. The Morgan fingerprint density at radius 2 is 2.12 bits per heavy atom. The van der Waals surface area contributed by atoms with Crippen LogP contribution in [0.3, 0.4) is 0 Å². The molecule has 0 aliphatic rings. The highest BCUT2D eigenvalue weighted by atomic mass is 19.1. The fourth-order valence-electron chi connectivity index (χ4n) is 1.32. The molecule has 16 heavy (non-hydrogen) atoms. The molecule has 0 fully saturated rings. The summed E-state index contributed by atoms with van der Waals surface area (Å²) in [5.41, 5.74) is 5.98. The molecule has 1 rings (SSSR count). The van der Waals surface area contributed by atoms with Crippen LogP contribution < -0.4 is 11.1 Å². The Hall–Kier alpha value is -1.58. The van der Waals surface area contributed by atoms with Gasteiger partial charge >= 0.3 is 0 Å². The summed E-state index contributed by atoms with van der Waals surface area (Å²) in [7, 11) is 0. The third kappa shape index (κ3) is 3.88. The van der Waals surface area contributed by atoms with Crippen molar-refractivity contribution in [3.05, 3.63) is 29.6 Å². The summed E-state index contributed by atoms with van der Waals surface area (Å²) in [5.74, 6) is -0.251. The molecule has 88 valence electrons. The first-order valence-electron chi connectivity index (χ1n) is 5.33. The number of carbonyl (C=O) groups is 1. The van der Waals surface area contributed by atoms with Gasteiger partial charge in [-0.1, -0.05) is 13.8 Å². The molecule has 0 aliphatic carbocycles. The number of hydrogen-bond donors (Lipinski definition) is 2. The Kier molecular flexibility index (Phi) is 4.28. The second kappa shape index (κ2) is 5.49. The van der Waals surface area contributed by atoms with Gasteiger partial charge in [0.25, 0.3) is 5.91 Å². The number of rotatable bonds is 4. The molecule has 1 amide bonds. The van der Waals surface area contributed by atoms with E-state index in [9.17, 15) is 9.18 Å². The first-order valence-corrected chi connectivity index (χ1v) is 5.33. The lowest BCUT2D eigenvalue weighted by Crippen LogP contribution is -2.25. The highest BCUT2D eigenvalue weighted by Gasteiger charge is 2.07. The summed E-state index contributed by atoms with van der Waals surface area (Å²) >= 11 is 0. The standard InChI is InChI=1S/C12H17FN2O/c1-8(2)3-4-15-12(16)9-5-10(13)7-11(14)6-9/h5-8H,3-4,14H2,1-2H3,(H,15,16). The quantitative estimate of drug-likeness (QED) is 0.770. The second-order valence-corrected chi connectivity index (χ2v) is 4.21. The zero-order valence-corrected chi connectivity index (χ0v) is 9.59. The Bertz CT molecular complexity index is 357. The van der Waals surface area contributed by atoms with Crippen LogP contribution in [0.15, 0.2) is 18.2 Å². The Morgan fingerprint density at radius 3 is 2.69 bits per heavy atom. The van der Waals surface area contributed by atoms with Gasteiger partial charge < -0.3 is 11.1 Å². The lowest BCUT2D eigenvalue weighted by Gasteiger charge is -2.07. The van der Waals surface area contributed by atoms with E-state index in [-0.39, 0.29) is 17.2 Å². The normalized spacial score (nSPS) is 10.5. The summed E-state index contributed by atoms with van der Waals surface area (Å²) in [6.07, 6.45) is 0.899. The third-order valence-corrected chi connectivity index (χ3v) is 2.19. The molecule has 1 aromatic rings. The maximum atomic E-state index is 13.0. The van der Waals surface area contributed by atoms with Crippen molar-refractivity contribution in [2.45, 2.75) is 20.3 Å². The Balaban J connectivity index is 2.59. The SMILES string of the molecule is CC(C)CCNC(=O)c1cc(N)cc(F)c1. The molecule has 0 aromatic heterocycles. The monoisotopic (exact) mass is 224 g/mol. The van der Waals surface area contributed by atoms with Gasteiger partial charge in [-0.15, -0.1) is 0 Å². The van der Waals surface area contributed by atoms with Gasteiger partial charge in [0.1, 0.15) is 5.82 Å². The number of carbonyl (C=O) groups excluding carboxylic acids is 1. The molecule has 0 heterocycles. The van der Waals surface area contributed by atoms with E-state index >= 15 is 0 Å². The van der Waals surface area contributed by atoms with Crippen LogP contribution in [-0.2, 0) is 0 Å². The number of hydrogen-bond acceptors (Lipinski definition) is 2. The minimum atomic E-state index is -0.492. The van der Waals surface area contributed by atoms with E-state index in [0.717, 1.165) is 6.42 Å². The zero-order chi connectivity index (χ0) is 12.1. The molecule has 1 aromatic carbocycles. The fourth-order valence-corrected chi connectivity index (χ4v) is 1.32. The molecule has 4 heteroatoms. The van der Waals surface area contributed by atoms with Gasteiger partial charge in [-0.05, 0) is 30.5 Å². The van der Waals surface area contributed by atoms with Gasteiger partial charge in [-0.25, -0.2) is 4.39 Å². The molecule has 3 N–H and O–H groups in total. The van der Waals surface area contributed by atoms with Crippen molar-refractivity contribution in [3.63, 3.8) is 0 Å². The van der Waals surface area contributed by atoms with Gasteiger partial charge in [0, 0.05) is 17.8 Å². The van der Waals surface area contributed by atoms with Crippen molar-refractivity contribution in [1.82, 2.24) is 5.32 Å². The summed E-state index contributed by atoms with van der Waals surface area (Å²) in [6.45, 7) is 4.74. The van der Waals surface area contributed by atoms with Crippen molar-refractivity contribution in [3.8, 4) is 0 Å². The van der Waals surface area contributed by atoms with E-state index < -0.39 is 5.82 Å². The van der Waals surface area contributed by atoms with Gasteiger partial charge in [0.2, 0.25) is 0 Å². The number of nitrogens with one attached hydrogen (secondary N) is 1. The molecular weight excluding hydrogens is 207 g/mol. The minimum absolute atomic E-state index is 0.258. The third-order valence-electron chi connectivity index (χ3n) is 2.19. The second-order valence-electron chi connectivity index (χ2n) is 4.21. The van der Waals surface area contributed by atoms with Crippen LogP contribution in [0.1, 0.15) is 30.6 Å². The molecular formula is C12H17FN2O. The van der Waals surface area contributed by atoms with Crippen molar-refractivity contribution in [2.75, 3.05) is 12.3 Å². The van der Waals surface area contributed by atoms with Crippen LogP contribution in [0.4, 0.5) is 10.1 Å². The van der Waals surface area contributed by atoms with Crippen LogP contribution in [0.5, 0.6) is 0 Å². The number of nitrogen functional groups attached to an aromatic ring is 1. The fraction of sp³-hybridized carbons (Fsp3) is 0.417. The number of benzene rings is 1. The molecule has 0 spiro atoms. The molecule has 0 bridgehead atoms. The number of amides is 1. The van der Waals surface area contributed by atoms with Crippen LogP contribution >= 0.6 is 0 Å².